The molecule has 0 bridgehead atoms. The number of ketones is 1. The van der Waals surface area contributed by atoms with E-state index >= 15 is 0 Å². The fourth-order valence-electron chi connectivity index (χ4n) is 4.07. The van der Waals surface area contributed by atoms with Crippen molar-refractivity contribution in [3.05, 3.63) is 88.4 Å². The van der Waals surface area contributed by atoms with Crippen molar-refractivity contribution in [2.24, 2.45) is 0 Å². The zero-order chi connectivity index (χ0) is 23.7. The molecule has 7 heteroatoms. The van der Waals surface area contributed by atoms with Crippen molar-refractivity contribution in [1.82, 2.24) is 4.90 Å². The number of ether oxygens (including phenoxy) is 1. The minimum absolute atomic E-state index is 0.0200. The fraction of sp³-hybridized carbons (Fsp3) is 0.231. The lowest BCUT2D eigenvalue weighted by Crippen LogP contribution is -2.29. The van der Waals surface area contributed by atoms with E-state index in [9.17, 15) is 19.8 Å². The average Bonchev–Trinajstić information content (AvgIpc) is 3.39. The van der Waals surface area contributed by atoms with Crippen molar-refractivity contribution in [2.75, 3.05) is 6.61 Å². The first-order valence-corrected chi connectivity index (χ1v) is 10.7. The molecule has 1 aliphatic rings. The standard InChI is InChI=1S/C26H25NO6/c1-4-32-21-13-17(9-10-20(21)28)23-22(24(29)19-12-15(2)7-8-16(19)3)25(30)26(31)27(23)14-18-6-5-11-33-18/h5-13,23,28-29H,4,14H2,1-3H3. The number of hydrogen-bond donors (Lipinski definition) is 2. The summed E-state index contributed by atoms with van der Waals surface area (Å²) in [5.74, 6) is -1.10. The number of rotatable bonds is 6. The maximum Gasteiger partial charge on any atom is 0.296 e. The second-order valence-corrected chi connectivity index (χ2v) is 7.98. The number of furan rings is 1. The highest BCUT2D eigenvalue weighted by molar-refractivity contribution is 6.46. The van der Waals surface area contributed by atoms with E-state index in [-0.39, 0.29) is 29.4 Å². The molecule has 3 aromatic rings. The minimum Gasteiger partial charge on any atom is -0.507 e. The van der Waals surface area contributed by atoms with E-state index < -0.39 is 17.7 Å². The van der Waals surface area contributed by atoms with E-state index in [4.69, 9.17) is 9.15 Å². The van der Waals surface area contributed by atoms with Gasteiger partial charge in [-0.2, -0.15) is 0 Å². The smallest absolute Gasteiger partial charge is 0.296 e. The lowest BCUT2D eigenvalue weighted by atomic mass is 9.93. The second-order valence-electron chi connectivity index (χ2n) is 7.98. The Bertz CT molecular complexity index is 1240. The number of aromatic hydroxyl groups is 1. The van der Waals surface area contributed by atoms with Crippen LogP contribution < -0.4 is 4.74 Å². The Morgan fingerprint density at radius 2 is 1.91 bits per heavy atom. The molecule has 0 aliphatic carbocycles. The zero-order valence-electron chi connectivity index (χ0n) is 18.7. The van der Waals surface area contributed by atoms with Gasteiger partial charge in [0.15, 0.2) is 11.5 Å². The van der Waals surface area contributed by atoms with Crippen molar-refractivity contribution < 1.29 is 29.0 Å². The van der Waals surface area contributed by atoms with Crippen molar-refractivity contribution in [1.29, 1.82) is 0 Å². The summed E-state index contributed by atoms with van der Waals surface area (Å²) in [5.41, 5.74) is 2.67. The van der Waals surface area contributed by atoms with Gasteiger partial charge in [0, 0.05) is 5.56 Å². The van der Waals surface area contributed by atoms with Crippen LogP contribution in [0.5, 0.6) is 11.5 Å². The Hall–Kier alpha value is -4.00. The predicted octanol–water partition coefficient (Wildman–Crippen LogP) is 4.62. The normalized spacial score (nSPS) is 17.5. The van der Waals surface area contributed by atoms with Gasteiger partial charge in [-0.3, -0.25) is 9.59 Å². The molecule has 0 spiro atoms. The number of Topliss-reactive ketones (excluding diaryl/α,β-unsaturated/α-hetero) is 1. The number of aliphatic hydroxyl groups is 1. The third kappa shape index (κ3) is 4.09. The number of carbonyl (C=O) groups is 2. The summed E-state index contributed by atoms with van der Waals surface area (Å²) in [4.78, 5) is 27.7. The first-order chi connectivity index (χ1) is 15.8. The van der Waals surface area contributed by atoms with Crippen molar-refractivity contribution in [2.45, 2.75) is 33.4 Å². The molecular formula is C26H25NO6. The first-order valence-electron chi connectivity index (χ1n) is 10.7. The number of carbonyl (C=O) groups excluding carboxylic acids is 2. The molecule has 170 valence electrons. The van der Waals surface area contributed by atoms with Crippen LogP contribution in [0.1, 0.15) is 41.0 Å². The quantitative estimate of drug-likeness (QED) is 0.325. The summed E-state index contributed by atoms with van der Waals surface area (Å²) < 4.78 is 10.9. The Kier molecular flexibility index (Phi) is 5.96. The van der Waals surface area contributed by atoms with Crippen LogP contribution in [-0.2, 0) is 16.1 Å². The number of phenols is 1. The largest absolute Gasteiger partial charge is 0.507 e. The Balaban J connectivity index is 1.92. The molecule has 1 amide bonds. The van der Waals surface area contributed by atoms with Gasteiger partial charge in [-0.05, 0) is 62.2 Å². The molecular weight excluding hydrogens is 422 g/mol. The highest BCUT2D eigenvalue weighted by Crippen LogP contribution is 2.43. The van der Waals surface area contributed by atoms with Gasteiger partial charge in [0.1, 0.15) is 11.5 Å². The Morgan fingerprint density at radius 3 is 2.61 bits per heavy atom. The first kappa shape index (κ1) is 22.2. The van der Waals surface area contributed by atoms with Crippen LogP contribution in [-0.4, -0.2) is 33.4 Å². The number of phenolic OH excluding ortho intramolecular Hbond substituents is 1. The molecule has 1 aromatic heterocycles. The number of hydrogen-bond acceptors (Lipinski definition) is 6. The number of benzene rings is 2. The third-order valence-corrected chi connectivity index (χ3v) is 5.69. The highest BCUT2D eigenvalue weighted by Gasteiger charge is 2.46. The molecule has 2 aromatic carbocycles. The molecule has 1 fully saturated rings. The summed E-state index contributed by atoms with van der Waals surface area (Å²) in [6.45, 7) is 5.87. The Labute approximate surface area is 191 Å². The minimum atomic E-state index is -0.894. The van der Waals surface area contributed by atoms with Crippen molar-refractivity contribution >= 4 is 17.4 Å². The molecule has 1 atom stereocenters. The molecule has 4 rings (SSSR count). The molecule has 0 radical (unpaired) electrons. The van der Waals surface area contributed by atoms with Gasteiger partial charge in [-0.1, -0.05) is 23.8 Å². The number of amides is 1. The van der Waals surface area contributed by atoms with Crippen LogP contribution in [0.2, 0.25) is 0 Å². The van der Waals surface area contributed by atoms with Gasteiger partial charge in [0.05, 0.1) is 31.0 Å². The fourth-order valence-corrected chi connectivity index (χ4v) is 4.07. The third-order valence-electron chi connectivity index (χ3n) is 5.69. The van der Waals surface area contributed by atoms with Crippen molar-refractivity contribution in [3.63, 3.8) is 0 Å². The lowest BCUT2D eigenvalue weighted by Gasteiger charge is -2.25. The van der Waals surface area contributed by atoms with Crippen LogP contribution in [0.3, 0.4) is 0 Å². The summed E-state index contributed by atoms with van der Waals surface area (Å²) >= 11 is 0. The molecule has 7 nitrogen and oxygen atoms in total. The van der Waals surface area contributed by atoms with Crippen LogP contribution in [0, 0.1) is 13.8 Å². The highest BCUT2D eigenvalue weighted by atomic mass is 16.5. The van der Waals surface area contributed by atoms with Crippen LogP contribution in [0.4, 0.5) is 0 Å². The van der Waals surface area contributed by atoms with Gasteiger partial charge in [0.25, 0.3) is 11.7 Å². The molecule has 33 heavy (non-hydrogen) atoms. The molecule has 1 aliphatic heterocycles. The van der Waals surface area contributed by atoms with Gasteiger partial charge >= 0.3 is 0 Å². The molecule has 1 unspecified atom stereocenters. The van der Waals surface area contributed by atoms with Crippen LogP contribution >= 0.6 is 0 Å². The van der Waals surface area contributed by atoms with Crippen molar-refractivity contribution in [3.8, 4) is 11.5 Å². The Morgan fingerprint density at radius 1 is 1.12 bits per heavy atom. The molecule has 0 saturated carbocycles. The summed E-state index contributed by atoms with van der Waals surface area (Å²) in [6.07, 6.45) is 1.49. The topological polar surface area (TPSA) is 100 Å². The maximum absolute atomic E-state index is 13.2. The second kappa shape index (κ2) is 8.86. The number of aliphatic hydroxyl groups excluding tert-OH is 1. The SMILES string of the molecule is CCOc1cc(C2C(=C(O)c3cc(C)ccc3C)C(=O)C(=O)N2Cc2ccco2)ccc1O. The monoisotopic (exact) mass is 447 g/mol. The van der Waals surface area contributed by atoms with Gasteiger partial charge in [0.2, 0.25) is 0 Å². The molecule has 2 heterocycles. The summed E-state index contributed by atoms with van der Waals surface area (Å²) in [5, 5.41) is 21.4. The number of likely N-dealkylation sites (tertiary alicyclic amines) is 1. The lowest BCUT2D eigenvalue weighted by molar-refractivity contribution is -0.140. The number of nitrogens with zero attached hydrogens (tertiary/aromatic N) is 1. The van der Waals surface area contributed by atoms with E-state index in [2.05, 4.69) is 0 Å². The van der Waals surface area contributed by atoms with Crippen LogP contribution in [0.25, 0.3) is 5.76 Å². The molecule has 2 N–H and O–H groups in total. The van der Waals surface area contributed by atoms with Crippen LogP contribution in [0.15, 0.2) is 64.8 Å². The van der Waals surface area contributed by atoms with Gasteiger partial charge in [-0.15, -0.1) is 0 Å². The zero-order valence-corrected chi connectivity index (χ0v) is 18.7. The summed E-state index contributed by atoms with van der Waals surface area (Å²) in [7, 11) is 0. The average molecular weight is 447 g/mol. The van der Waals surface area contributed by atoms with E-state index in [1.165, 1.54) is 17.2 Å². The summed E-state index contributed by atoms with van der Waals surface area (Å²) in [6, 6.07) is 12.7. The van der Waals surface area contributed by atoms with E-state index in [0.29, 0.717) is 23.5 Å². The van der Waals surface area contributed by atoms with E-state index in [1.54, 1.807) is 37.3 Å². The maximum atomic E-state index is 13.2. The van der Waals surface area contributed by atoms with E-state index in [0.717, 1.165) is 11.1 Å². The van der Waals surface area contributed by atoms with Gasteiger partial charge < -0.3 is 24.3 Å². The van der Waals surface area contributed by atoms with E-state index in [1.807, 2.05) is 26.0 Å². The van der Waals surface area contributed by atoms with Gasteiger partial charge in [-0.25, -0.2) is 0 Å². The molecule has 1 saturated heterocycles. The predicted molar refractivity (Wildman–Crippen MR) is 122 cm³/mol. The number of aryl methyl sites for hydroxylation is 2.